The summed E-state index contributed by atoms with van der Waals surface area (Å²) in [5, 5.41) is 2.86. The Morgan fingerprint density at radius 1 is 1.32 bits per heavy atom. The lowest BCUT2D eigenvalue weighted by Gasteiger charge is -2.02. The van der Waals surface area contributed by atoms with E-state index in [9.17, 15) is 4.79 Å². The number of esters is 1. The van der Waals surface area contributed by atoms with Crippen LogP contribution in [0, 0.1) is 13.8 Å². The minimum atomic E-state index is -0.223. The van der Waals surface area contributed by atoms with Gasteiger partial charge in [-0.25, -0.2) is 4.98 Å². The molecule has 0 aliphatic heterocycles. The number of aryl methyl sites for hydroxylation is 2. The van der Waals surface area contributed by atoms with E-state index in [4.69, 9.17) is 4.74 Å². The predicted octanol–water partition coefficient (Wildman–Crippen LogP) is 3.53. The van der Waals surface area contributed by atoms with Crippen LogP contribution in [0.3, 0.4) is 0 Å². The molecule has 19 heavy (non-hydrogen) atoms. The van der Waals surface area contributed by atoms with Gasteiger partial charge in [-0.1, -0.05) is 12.1 Å². The van der Waals surface area contributed by atoms with Crippen molar-refractivity contribution in [1.82, 2.24) is 4.98 Å². The third-order valence-electron chi connectivity index (χ3n) is 2.94. The topological polar surface area (TPSA) is 39.2 Å². The standard InChI is InChI=1S/C15H17NO2S/c1-4-18-14(17)8-13-9-19-15(16-13)12-6-5-10(2)11(3)7-12/h5-7,9H,4,8H2,1-3H3. The lowest BCUT2D eigenvalue weighted by Crippen LogP contribution is -2.07. The van der Waals surface area contributed by atoms with Crippen molar-refractivity contribution in [2.45, 2.75) is 27.2 Å². The number of rotatable bonds is 4. The van der Waals surface area contributed by atoms with E-state index in [0.717, 1.165) is 16.3 Å². The number of aromatic nitrogens is 1. The first-order valence-corrected chi connectivity index (χ1v) is 7.15. The molecule has 0 aliphatic rings. The number of hydrogen-bond donors (Lipinski definition) is 0. The summed E-state index contributed by atoms with van der Waals surface area (Å²) >= 11 is 1.56. The molecular weight excluding hydrogens is 258 g/mol. The van der Waals surface area contributed by atoms with Crippen LogP contribution in [-0.4, -0.2) is 17.6 Å². The molecule has 0 atom stereocenters. The Morgan fingerprint density at radius 2 is 2.11 bits per heavy atom. The summed E-state index contributed by atoms with van der Waals surface area (Å²) in [6.45, 7) is 6.39. The largest absolute Gasteiger partial charge is 0.466 e. The second-order valence-electron chi connectivity index (χ2n) is 4.42. The molecule has 2 rings (SSSR count). The van der Waals surface area contributed by atoms with Gasteiger partial charge < -0.3 is 4.74 Å². The first kappa shape index (κ1) is 13.7. The number of thiazole rings is 1. The SMILES string of the molecule is CCOC(=O)Cc1csc(-c2ccc(C)c(C)c2)n1. The highest BCUT2D eigenvalue weighted by Gasteiger charge is 2.10. The van der Waals surface area contributed by atoms with Crippen molar-refractivity contribution in [3.05, 3.63) is 40.4 Å². The number of benzene rings is 1. The van der Waals surface area contributed by atoms with Crippen LogP contribution < -0.4 is 0 Å². The zero-order valence-electron chi connectivity index (χ0n) is 11.4. The molecular formula is C15H17NO2S. The molecule has 4 heteroatoms. The molecule has 1 aromatic heterocycles. The zero-order valence-corrected chi connectivity index (χ0v) is 12.2. The van der Waals surface area contributed by atoms with Crippen molar-refractivity contribution in [3.63, 3.8) is 0 Å². The number of nitrogens with zero attached hydrogens (tertiary/aromatic N) is 1. The van der Waals surface area contributed by atoms with Crippen molar-refractivity contribution < 1.29 is 9.53 Å². The molecule has 0 amide bonds. The van der Waals surface area contributed by atoms with Gasteiger partial charge in [0.15, 0.2) is 0 Å². The molecule has 100 valence electrons. The van der Waals surface area contributed by atoms with E-state index in [1.807, 2.05) is 5.38 Å². The number of carbonyl (C=O) groups is 1. The van der Waals surface area contributed by atoms with Gasteiger partial charge in [0, 0.05) is 10.9 Å². The highest BCUT2D eigenvalue weighted by Crippen LogP contribution is 2.25. The molecule has 0 unspecified atom stereocenters. The highest BCUT2D eigenvalue weighted by atomic mass is 32.1. The van der Waals surface area contributed by atoms with Crippen LogP contribution >= 0.6 is 11.3 Å². The predicted molar refractivity (Wildman–Crippen MR) is 77.4 cm³/mol. The Kier molecular flexibility index (Phi) is 4.32. The van der Waals surface area contributed by atoms with Gasteiger partial charge in [0.25, 0.3) is 0 Å². The van der Waals surface area contributed by atoms with Crippen LogP contribution in [0.4, 0.5) is 0 Å². The third-order valence-corrected chi connectivity index (χ3v) is 3.88. The van der Waals surface area contributed by atoms with E-state index in [1.54, 1.807) is 18.3 Å². The van der Waals surface area contributed by atoms with Gasteiger partial charge in [0.1, 0.15) is 5.01 Å². The van der Waals surface area contributed by atoms with Crippen molar-refractivity contribution in [3.8, 4) is 10.6 Å². The van der Waals surface area contributed by atoms with E-state index in [2.05, 4.69) is 37.0 Å². The van der Waals surface area contributed by atoms with E-state index in [0.29, 0.717) is 6.61 Å². The number of ether oxygens (including phenoxy) is 1. The Morgan fingerprint density at radius 3 is 2.79 bits per heavy atom. The summed E-state index contributed by atoms with van der Waals surface area (Å²) in [5.74, 6) is -0.223. The Bertz CT molecular complexity index is 590. The summed E-state index contributed by atoms with van der Waals surface area (Å²) in [6.07, 6.45) is 0.245. The van der Waals surface area contributed by atoms with Gasteiger partial charge in [-0.3, -0.25) is 4.79 Å². The van der Waals surface area contributed by atoms with Crippen LogP contribution in [0.5, 0.6) is 0 Å². The fraction of sp³-hybridized carbons (Fsp3) is 0.333. The molecule has 0 aliphatic carbocycles. The fourth-order valence-corrected chi connectivity index (χ4v) is 2.57. The molecule has 1 heterocycles. The van der Waals surface area contributed by atoms with Gasteiger partial charge >= 0.3 is 5.97 Å². The van der Waals surface area contributed by atoms with E-state index in [-0.39, 0.29) is 12.4 Å². The summed E-state index contributed by atoms with van der Waals surface area (Å²) in [4.78, 5) is 15.9. The molecule has 3 nitrogen and oxygen atoms in total. The van der Waals surface area contributed by atoms with Gasteiger partial charge in [-0.15, -0.1) is 11.3 Å². The van der Waals surface area contributed by atoms with Crippen LogP contribution in [-0.2, 0) is 16.0 Å². The number of carbonyl (C=O) groups excluding carboxylic acids is 1. The second kappa shape index (κ2) is 5.97. The molecule has 2 aromatic rings. The van der Waals surface area contributed by atoms with E-state index >= 15 is 0 Å². The van der Waals surface area contributed by atoms with Crippen LogP contribution in [0.15, 0.2) is 23.6 Å². The van der Waals surface area contributed by atoms with Gasteiger partial charge in [0.2, 0.25) is 0 Å². The lowest BCUT2D eigenvalue weighted by molar-refractivity contribution is -0.142. The second-order valence-corrected chi connectivity index (χ2v) is 5.28. The maximum absolute atomic E-state index is 11.4. The lowest BCUT2D eigenvalue weighted by atomic mass is 10.1. The minimum absolute atomic E-state index is 0.223. The average Bonchev–Trinajstić information content (AvgIpc) is 2.81. The van der Waals surface area contributed by atoms with Gasteiger partial charge in [-0.2, -0.15) is 0 Å². The third kappa shape index (κ3) is 3.41. The van der Waals surface area contributed by atoms with E-state index < -0.39 is 0 Å². The maximum Gasteiger partial charge on any atom is 0.311 e. The van der Waals surface area contributed by atoms with Crippen LogP contribution in [0.1, 0.15) is 23.7 Å². The summed E-state index contributed by atoms with van der Waals surface area (Å²) in [5.41, 5.74) is 4.39. The van der Waals surface area contributed by atoms with Crippen molar-refractivity contribution in [2.75, 3.05) is 6.61 Å². The van der Waals surface area contributed by atoms with Crippen molar-refractivity contribution in [2.24, 2.45) is 0 Å². The molecule has 0 saturated heterocycles. The number of hydrogen-bond acceptors (Lipinski definition) is 4. The molecule has 0 N–H and O–H groups in total. The van der Waals surface area contributed by atoms with Crippen LogP contribution in [0.2, 0.25) is 0 Å². The first-order chi connectivity index (χ1) is 9.10. The van der Waals surface area contributed by atoms with E-state index in [1.165, 1.54) is 11.1 Å². The maximum atomic E-state index is 11.4. The molecule has 0 bridgehead atoms. The fourth-order valence-electron chi connectivity index (χ4n) is 1.76. The minimum Gasteiger partial charge on any atom is -0.466 e. The normalized spacial score (nSPS) is 10.5. The van der Waals surface area contributed by atoms with Crippen molar-refractivity contribution >= 4 is 17.3 Å². The van der Waals surface area contributed by atoms with Gasteiger partial charge in [0.05, 0.1) is 18.7 Å². The molecule has 0 fully saturated rings. The smallest absolute Gasteiger partial charge is 0.311 e. The quantitative estimate of drug-likeness (QED) is 0.801. The highest BCUT2D eigenvalue weighted by molar-refractivity contribution is 7.13. The first-order valence-electron chi connectivity index (χ1n) is 6.27. The monoisotopic (exact) mass is 275 g/mol. The summed E-state index contributed by atoms with van der Waals surface area (Å²) in [6, 6.07) is 6.29. The van der Waals surface area contributed by atoms with Crippen LogP contribution in [0.25, 0.3) is 10.6 Å². The zero-order chi connectivity index (χ0) is 13.8. The van der Waals surface area contributed by atoms with Crippen molar-refractivity contribution in [1.29, 1.82) is 0 Å². The molecule has 0 radical (unpaired) electrons. The van der Waals surface area contributed by atoms with Gasteiger partial charge in [-0.05, 0) is 38.0 Å². The Balaban J connectivity index is 2.16. The summed E-state index contributed by atoms with van der Waals surface area (Å²) < 4.78 is 4.92. The Labute approximate surface area is 117 Å². The molecule has 0 spiro atoms. The molecule has 0 saturated carbocycles. The molecule has 1 aromatic carbocycles. The average molecular weight is 275 g/mol. The summed E-state index contributed by atoms with van der Waals surface area (Å²) in [7, 11) is 0. The Hall–Kier alpha value is -1.68.